The molecule has 0 fully saturated rings. The molecule has 23 heavy (non-hydrogen) atoms. The van der Waals surface area contributed by atoms with Gasteiger partial charge in [-0.1, -0.05) is 12.1 Å². The van der Waals surface area contributed by atoms with Gasteiger partial charge in [0.1, 0.15) is 11.5 Å². The molecule has 1 heterocycles. The van der Waals surface area contributed by atoms with Crippen LogP contribution in [-0.4, -0.2) is 36.2 Å². The van der Waals surface area contributed by atoms with E-state index in [1.165, 1.54) is 26.4 Å². The van der Waals surface area contributed by atoms with Gasteiger partial charge >= 0.3 is 5.97 Å². The fraction of sp³-hybridized carbons (Fsp3) is 0.312. The van der Waals surface area contributed by atoms with Crippen LogP contribution in [-0.2, 0) is 16.0 Å². The molecule has 7 heteroatoms. The summed E-state index contributed by atoms with van der Waals surface area (Å²) in [5.74, 6) is -1.46. The van der Waals surface area contributed by atoms with Crippen molar-refractivity contribution in [2.45, 2.75) is 19.8 Å². The highest BCUT2D eigenvalue weighted by molar-refractivity contribution is 9.10. The Bertz CT molecular complexity index is 708. The molecular formula is C16H17BrFNO4. The number of hydrogen-bond acceptors (Lipinski definition) is 3. The molecule has 1 N–H and O–H groups in total. The van der Waals surface area contributed by atoms with Crippen molar-refractivity contribution >= 4 is 21.9 Å². The average Bonchev–Trinajstić information content (AvgIpc) is 2.78. The first-order valence-corrected chi connectivity index (χ1v) is 7.63. The predicted octanol–water partition coefficient (Wildman–Crippen LogP) is 3.68. The highest BCUT2D eigenvalue weighted by atomic mass is 79.9. The van der Waals surface area contributed by atoms with E-state index in [9.17, 15) is 14.3 Å². The second kappa shape index (κ2) is 7.25. The zero-order valence-corrected chi connectivity index (χ0v) is 14.6. The highest BCUT2D eigenvalue weighted by Crippen LogP contribution is 2.37. The van der Waals surface area contributed by atoms with Gasteiger partial charge in [0.25, 0.3) is 0 Å². The van der Waals surface area contributed by atoms with Crippen LogP contribution in [0, 0.1) is 12.7 Å². The lowest BCUT2D eigenvalue weighted by molar-refractivity contribution is -0.111. The van der Waals surface area contributed by atoms with Gasteiger partial charge in [0, 0.05) is 29.9 Å². The standard InChI is InChI=1S/C16H17BrFNO4/c1-9-14(17)13(10-4-6-11(18)7-5-10)15(16(20)21)19(9)8-12(22-2)23-3/h4-7,12H,8H2,1-3H3,(H,20,21). The number of carbonyl (C=O) groups is 1. The normalized spacial score (nSPS) is 11.2. The lowest BCUT2D eigenvalue weighted by Crippen LogP contribution is -2.23. The van der Waals surface area contributed by atoms with Gasteiger partial charge in [0.15, 0.2) is 6.29 Å². The molecule has 0 amide bonds. The van der Waals surface area contributed by atoms with E-state index in [-0.39, 0.29) is 18.1 Å². The van der Waals surface area contributed by atoms with Crippen molar-refractivity contribution in [1.82, 2.24) is 4.57 Å². The molecule has 0 aliphatic rings. The van der Waals surface area contributed by atoms with Crippen molar-refractivity contribution in [3.8, 4) is 11.1 Å². The summed E-state index contributed by atoms with van der Waals surface area (Å²) in [5, 5.41) is 9.66. The molecule has 0 aliphatic heterocycles. The number of ether oxygens (including phenoxy) is 2. The van der Waals surface area contributed by atoms with Crippen molar-refractivity contribution in [2.75, 3.05) is 14.2 Å². The van der Waals surface area contributed by atoms with Crippen LogP contribution in [0.3, 0.4) is 0 Å². The van der Waals surface area contributed by atoms with Crippen LogP contribution in [0.2, 0.25) is 0 Å². The summed E-state index contributed by atoms with van der Waals surface area (Å²) >= 11 is 3.45. The van der Waals surface area contributed by atoms with Crippen LogP contribution in [0.4, 0.5) is 4.39 Å². The summed E-state index contributed by atoms with van der Waals surface area (Å²) in [6.45, 7) is 2.02. The van der Waals surface area contributed by atoms with E-state index in [1.54, 1.807) is 23.6 Å². The Morgan fingerprint density at radius 3 is 2.35 bits per heavy atom. The number of aromatic nitrogens is 1. The van der Waals surface area contributed by atoms with Gasteiger partial charge in [0.2, 0.25) is 0 Å². The number of methoxy groups -OCH3 is 2. The molecule has 0 aliphatic carbocycles. The Labute approximate surface area is 141 Å². The number of carboxylic acid groups (broad SMARTS) is 1. The van der Waals surface area contributed by atoms with E-state index in [1.807, 2.05) is 0 Å². The van der Waals surface area contributed by atoms with Crippen molar-refractivity contribution in [3.05, 3.63) is 45.9 Å². The molecule has 5 nitrogen and oxygen atoms in total. The largest absolute Gasteiger partial charge is 0.477 e. The maximum atomic E-state index is 13.1. The van der Waals surface area contributed by atoms with Crippen molar-refractivity contribution in [3.63, 3.8) is 0 Å². The average molecular weight is 386 g/mol. The van der Waals surface area contributed by atoms with E-state index in [4.69, 9.17) is 9.47 Å². The predicted molar refractivity (Wildman–Crippen MR) is 87.0 cm³/mol. The number of halogens is 2. The molecule has 124 valence electrons. The van der Waals surface area contributed by atoms with Crippen molar-refractivity contribution < 1.29 is 23.8 Å². The molecule has 2 rings (SSSR count). The SMILES string of the molecule is COC(Cn1c(C)c(Br)c(-c2ccc(F)cc2)c1C(=O)O)OC. The number of hydrogen-bond donors (Lipinski definition) is 1. The second-order valence-corrected chi connectivity index (χ2v) is 5.74. The van der Waals surface area contributed by atoms with Crippen LogP contribution in [0.1, 0.15) is 16.2 Å². The van der Waals surface area contributed by atoms with Gasteiger partial charge in [-0.25, -0.2) is 9.18 Å². The highest BCUT2D eigenvalue weighted by Gasteiger charge is 2.26. The Morgan fingerprint density at radius 1 is 1.30 bits per heavy atom. The third kappa shape index (κ3) is 3.46. The van der Waals surface area contributed by atoms with Gasteiger partial charge in [-0.15, -0.1) is 0 Å². The first-order valence-electron chi connectivity index (χ1n) is 6.84. The minimum Gasteiger partial charge on any atom is -0.477 e. The molecule has 0 atom stereocenters. The number of rotatable bonds is 6. The zero-order valence-electron chi connectivity index (χ0n) is 13.0. The van der Waals surface area contributed by atoms with Crippen molar-refractivity contribution in [1.29, 1.82) is 0 Å². The van der Waals surface area contributed by atoms with Crippen LogP contribution in [0.25, 0.3) is 11.1 Å². The fourth-order valence-electron chi connectivity index (χ4n) is 2.43. The number of benzene rings is 1. The Hall–Kier alpha value is -1.70. The zero-order chi connectivity index (χ0) is 17.1. The third-order valence-electron chi connectivity index (χ3n) is 3.64. The number of carboxylic acids is 1. The summed E-state index contributed by atoms with van der Waals surface area (Å²) < 4.78 is 25.7. The quantitative estimate of drug-likeness (QED) is 0.770. The lowest BCUT2D eigenvalue weighted by Gasteiger charge is -2.17. The molecule has 0 saturated carbocycles. The molecule has 0 unspecified atom stereocenters. The van der Waals surface area contributed by atoms with Crippen LogP contribution >= 0.6 is 15.9 Å². The van der Waals surface area contributed by atoms with Gasteiger partial charge in [-0.2, -0.15) is 0 Å². The Kier molecular flexibility index (Phi) is 5.56. The summed E-state index contributed by atoms with van der Waals surface area (Å²) in [6.07, 6.45) is -0.577. The molecule has 0 spiro atoms. The van der Waals surface area contributed by atoms with Gasteiger partial charge < -0.3 is 19.1 Å². The number of aromatic carboxylic acids is 1. The minimum atomic E-state index is -1.08. The van der Waals surface area contributed by atoms with E-state index in [2.05, 4.69) is 15.9 Å². The summed E-state index contributed by atoms with van der Waals surface area (Å²) in [5.41, 5.74) is 1.94. The molecule has 0 bridgehead atoms. The maximum absolute atomic E-state index is 13.1. The molecule has 0 radical (unpaired) electrons. The van der Waals surface area contributed by atoms with Crippen molar-refractivity contribution in [2.24, 2.45) is 0 Å². The van der Waals surface area contributed by atoms with E-state index in [0.29, 0.717) is 15.6 Å². The monoisotopic (exact) mass is 385 g/mol. The molecule has 0 saturated heterocycles. The minimum absolute atomic E-state index is 0.0973. The molecule has 1 aromatic carbocycles. The first kappa shape index (κ1) is 17.7. The third-order valence-corrected chi connectivity index (χ3v) is 4.61. The Morgan fingerprint density at radius 2 is 1.87 bits per heavy atom. The summed E-state index contributed by atoms with van der Waals surface area (Å²) in [6, 6.07) is 5.70. The Balaban J connectivity index is 2.63. The smallest absolute Gasteiger partial charge is 0.353 e. The first-order chi connectivity index (χ1) is 10.9. The van der Waals surface area contributed by atoms with Crippen LogP contribution in [0.5, 0.6) is 0 Å². The summed E-state index contributed by atoms with van der Waals surface area (Å²) in [4.78, 5) is 11.8. The lowest BCUT2D eigenvalue weighted by atomic mass is 10.1. The fourth-order valence-corrected chi connectivity index (χ4v) is 3.06. The van der Waals surface area contributed by atoms with Gasteiger partial charge in [0.05, 0.1) is 6.54 Å². The van der Waals surface area contributed by atoms with E-state index in [0.717, 1.165) is 5.69 Å². The molecule has 1 aromatic heterocycles. The maximum Gasteiger partial charge on any atom is 0.353 e. The van der Waals surface area contributed by atoms with Gasteiger partial charge in [-0.3, -0.25) is 0 Å². The van der Waals surface area contributed by atoms with Crippen LogP contribution < -0.4 is 0 Å². The van der Waals surface area contributed by atoms with Gasteiger partial charge in [-0.05, 0) is 40.5 Å². The van der Waals surface area contributed by atoms with E-state index >= 15 is 0 Å². The summed E-state index contributed by atoms with van der Waals surface area (Å²) in [7, 11) is 2.98. The molecular weight excluding hydrogens is 369 g/mol. The second-order valence-electron chi connectivity index (χ2n) is 4.95. The van der Waals surface area contributed by atoms with E-state index < -0.39 is 12.3 Å². The molecule has 2 aromatic rings. The van der Waals surface area contributed by atoms with Crippen LogP contribution in [0.15, 0.2) is 28.7 Å². The number of nitrogens with zero attached hydrogens (tertiary/aromatic N) is 1. The topological polar surface area (TPSA) is 60.7 Å².